The quantitative estimate of drug-likeness (QED) is 0.825. The van der Waals surface area contributed by atoms with Crippen LogP contribution in [0.15, 0.2) is 24.3 Å². The van der Waals surface area contributed by atoms with Gasteiger partial charge < -0.3 is 10.5 Å². The molecule has 0 spiro atoms. The molecular formula is C10H10F3NO. The first-order valence-corrected chi connectivity index (χ1v) is 4.57. The molecule has 5 heteroatoms. The number of nitrogens with two attached hydrogens (primary N) is 1. The van der Waals surface area contributed by atoms with E-state index >= 15 is 0 Å². The molecule has 2 N–H and O–H groups in total. The summed E-state index contributed by atoms with van der Waals surface area (Å²) in [6, 6.07) is 6.09. The molecule has 0 bridgehead atoms. The smallest absolute Gasteiger partial charge is 0.405 e. The molecule has 2 unspecified atom stereocenters. The second kappa shape index (κ2) is 3.41. The van der Waals surface area contributed by atoms with Gasteiger partial charge in [-0.1, -0.05) is 18.2 Å². The van der Waals surface area contributed by atoms with Crippen LogP contribution in [0, 0.1) is 0 Å². The first kappa shape index (κ1) is 10.3. The molecule has 15 heavy (non-hydrogen) atoms. The molecule has 2 nitrogen and oxygen atoms in total. The number of alkyl halides is 3. The first-order valence-electron chi connectivity index (χ1n) is 4.57. The van der Waals surface area contributed by atoms with Gasteiger partial charge in [-0.2, -0.15) is 0 Å². The van der Waals surface area contributed by atoms with Gasteiger partial charge in [0.05, 0.1) is 0 Å². The Balaban J connectivity index is 2.23. The minimum atomic E-state index is -4.64. The monoisotopic (exact) mass is 217 g/mol. The third-order valence-corrected chi connectivity index (χ3v) is 2.38. The standard InChI is InChI=1S/C10H10F3NO/c11-10(12,13)15-9-4-2-1-3-6(9)7-5-8(7)14/h1-4,7-8H,5,14H2. The van der Waals surface area contributed by atoms with Crippen LogP contribution in [-0.2, 0) is 0 Å². The lowest BCUT2D eigenvalue weighted by atomic mass is 10.1. The lowest BCUT2D eigenvalue weighted by Gasteiger charge is -2.12. The summed E-state index contributed by atoms with van der Waals surface area (Å²) in [5.41, 5.74) is 6.14. The number of ether oxygens (including phenoxy) is 1. The fraction of sp³-hybridized carbons (Fsp3) is 0.400. The van der Waals surface area contributed by atoms with Crippen molar-refractivity contribution in [3.63, 3.8) is 0 Å². The Kier molecular flexibility index (Phi) is 2.34. The van der Waals surface area contributed by atoms with Crippen LogP contribution >= 0.6 is 0 Å². The lowest BCUT2D eigenvalue weighted by Crippen LogP contribution is -2.18. The zero-order valence-electron chi connectivity index (χ0n) is 7.79. The molecule has 1 aliphatic carbocycles. The lowest BCUT2D eigenvalue weighted by molar-refractivity contribution is -0.274. The van der Waals surface area contributed by atoms with E-state index in [0.717, 1.165) is 6.42 Å². The van der Waals surface area contributed by atoms with Crippen molar-refractivity contribution in [3.8, 4) is 5.75 Å². The van der Waals surface area contributed by atoms with Gasteiger partial charge in [0.1, 0.15) is 5.75 Å². The normalized spacial score (nSPS) is 25.1. The topological polar surface area (TPSA) is 35.2 Å². The second-order valence-electron chi connectivity index (χ2n) is 3.59. The van der Waals surface area contributed by atoms with E-state index in [9.17, 15) is 13.2 Å². The van der Waals surface area contributed by atoms with Gasteiger partial charge in [-0.25, -0.2) is 0 Å². The second-order valence-corrected chi connectivity index (χ2v) is 3.59. The Hall–Kier alpha value is -1.23. The summed E-state index contributed by atoms with van der Waals surface area (Å²) in [5, 5.41) is 0. The number of para-hydroxylation sites is 1. The van der Waals surface area contributed by atoms with Crippen molar-refractivity contribution in [1.82, 2.24) is 0 Å². The number of hydrogen-bond acceptors (Lipinski definition) is 2. The number of rotatable bonds is 2. The van der Waals surface area contributed by atoms with E-state index in [1.54, 1.807) is 12.1 Å². The molecule has 1 saturated carbocycles. The highest BCUT2D eigenvalue weighted by atomic mass is 19.4. The molecular weight excluding hydrogens is 207 g/mol. The van der Waals surface area contributed by atoms with Crippen molar-refractivity contribution in [1.29, 1.82) is 0 Å². The summed E-state index contributed by atoms with van der Waals surface area (Å²) >= 11 is 0. The molecule has 1 aromatic rings. The van der Waals surface area contributed by atoms with Gasteiger partial charge >= 0.3 is 6.36 Å². The third-order valence-electron chi connectivity index (χ3n) is 2.38. The van der Waals surface area contributed by atoms with Crippen LogP contribution in [0.2, 0.25) is 0 Å². The molecule has 82 valence electrons. The molecule has 0 saturated heterocycles. The number of benzene rings is 1. The van der Waals surface area contributed by atoms with Crippen LogP contribution in [-0.4, -0.2) is 12.4 Å². The highest BCUT2D eigenvalue weighted by Crippen LogP contribution is 2.44. The summed E-state index contributed by atoms with van der Waals surface area (Å²) in [6.07, 6.45) is -3.92. The van der Waals surface area contributed by atoms with Crippen LogP contribution in [0.4, 0.5) is 13.2 Å². The zero-order valence-corrected chi connectivity index (χ0v) is 7.79. The highest BCUT2D eigenvalue weighted by molar-refractivity contribution is 5.40. The van der Waals surface area contributed by atoms with Crippen LogP contribution in [0.3, 0.4) is 0 Å². The maximum absolute atomic E-state index is 12.0. The predicted molar refractivity (Wildman–Crippen MR) is 48.5 cm³/mol. The Morgan fingerprint density at radius 3 is 2.40 bits per heavy atom. The highest BCUT2D eigenvalue weighted by Gasteiger charge is 2.39. The Labute approximate surface area is 84.8 Å². The van der Waals surface area contributed by atoms with Crippen LogP contribution < -0.4 is 10.5 Å². The van der Waals surface area contributed by atoms with E-state index in [0.29, 0.717) is 5.56 Å². The molecule has 0 heterocycles. The van der Waals surface area contributed by atoms with Crippen molar-refractivity contribution in [3.05, 3.63) is 29.8 Å². The van der Waals surface area contributed by atoms with Gasteiger partial charge in [0.15, 0.2) is 0 Å². The van der Waals surface area contributed by atoms with Crippen LogP contribution in [0.1, 0.15) is 17.9 Å². The average molecular weight is 217 g/mol. The maximum atomic E-state index is 12.0. The largest absolute Gasteiger partial charge is 0.573 e. The van der Waals surface area contributed by atoms with Crippen molar-refractivity contribution < 1.29 is 17.9 Å². The van der Waals surface area contributed by atoms with Gasteiger partial charge in [0.25, 0.3) is 0 Å². The first-order chi connectivity index (χ1) is 6.97. The minimum absolute atomic E-state index is 0.00329. The van der Waals surface area contributed by atoms with Crippen molar-refractivity contribution in [2.24, 2.45) is 5.73 Å². The fourth-order valence-electron chi connectivity index (χ4n) is 1.58. The molecule has 0 aliphatic heterocycles. The van der Waals surface area contributed by atoms with Crippen molar-refractivity contribution in [2.45, 2.75) is 24.7 Å². The van der Waals surface area contributed by atoms with E-state index in [2.05, 4.69) is 4.74 Å². The minimum Gasteiger partial charge on any atom is -0.405 e. The van der Waals surface area contributed by atoms with E-state index in [-0.39, 0.29) is 17.7 Å². The average Bonchev–Trinajstić information content (AvgIpc) is 2.80. The maximum Gasteiger partial charge on any atom is 0.573 e. The van der Waals surface area contributed by atoms with Gasteiger partial charge in [0, 0.05) is 12.0 Å². The summed E-state index contributed by atoms with van der Waals surface area (Å²) in [7, 11) is 0. The van der Waals surface area contributed by atoms with Gasteiger partial charge in [-0.3, -0.25) is 0 Å². The molecule has 1 fully saturated rings. The SMILES string of the molecule is NC1CC1c1ccccc1OC(F)(F)F. The van der Waals surface area contributed by atoms with Crippen molar-refractivity contribution >= 4 is 0 Å². The number of halogens is 3. The summed E-state index contributed by atoms with van der Waals surface area (Å²) in [5.74, 6) is -0.133. The van der Waals surface area contributed by atoms with Gasteiger partial charge in [-0.05, 0) is 18.1 Å². The van der Waals surface area contributed by atoms with Gasteiger partial charge in [-0.15, -0.1) is 13.2 Å². The zero-order chi connectivity index (χ0) is 11.1. The van der Waals surface area contributed by atoms with E-state index < -0.39 is 6.36 Å². The van der Waals surface area contributed by atoms with E-state index in [1.165, 1.54) is 12.1 Å². The molecule has 2 rings (SSSR count). The Bertz CT molecular complexity index is 364. The number of hydrogen-bond donors (Lipinski definition) is 1. The van der Waals surface area contributed by atoms with E-state index in [4.69, 9.17) is 5.73 Å². The summed E-state index contributed by atoms with van der Waals surface area (Å²) in [6.45, 7) is 0. The van der Waals surface area contributed by atoms with Crippen LogP contribution in [0.5, 0.6) is 5.75 Å². The van der Waals surface area contributed by atoms with Gasteiger partial charge in [0.2, 0.25) is 0 Å². The molecule has 0 amide bonds. The summed E-state index contributed by atoms with van der Waals surface area (Å²) < 4.78 is 40.1. The molecule has 1 aliphatic rings. The third kappa shape index (κ3) is 2.41. The van der Waals surface area contributed by atoms with Crippen LogP contribution in [0.25, 0.3) is 0 Å². The van der Waals surface area contributed by atoms with E-state index in [1.807, 2.05) is 0 Å². The molecule has 0 aromatic heterocycles. The Morgan fingerprint density at radius 1 is 1.27 bits per heavy atom. The molecule has 2 atom stereocenters. The summed E-state index contributed by atoms with van der Waals surface area (Å²) in [4.78, 5) is 0. The molecule has 1 aromatic carbocycles. The molecule has 0 radical (unpaired) electrons. The fourth-order valence-corrected chi connectivity index (χ4v) is 1.58. The Morgan fingerprint density at radius 2 is 1.87 bits per heavy atom. The predicted octanol–water partition coefficient (Wildman–Crippen LogP) is 2.40. The van der Waals surface area contributed by atoms with Crippen molar-refractivity contribution in [2.75, 3.05) is 0 Å².